The van der Waals surface area contributed by atoms with Gasteiger partial charge in [-0.2, -0.15) is 0 Å². The van der Waals surface area contributed by atoms with Gasteiger partial charge in [0.15, 0.2) is 5.82 Å². The lowest BCUT2D eigenvalue weighted by atomic mass is 10.0. The van der Waals surface area contributed by atoms with Crippen LogP contribution in [0.1, 0.15) is 12.2 Å². The highest BCUT2D eigenvalue weighted by atomic mass is 79.9. The normalized spacial score (nSPS) is 32.0. The third kappa shape index (κ3) is 1.87. The SMILES string of the molecule is O=[S@]1CC[C@@](O)(c2ncc(Br)cn2)C1. The average Bonchev–Trinajstić information content (AvgIpc) is 2.48. The highest BCUT2D eigenvalue weighted by Crippen LogP contribution is 2.29. The van der Waals surface area contributed by atoms with Gasteiger partial charge in [-0.05, 0) is 22.4 Å². The molecule has 1 fully saturated rings. The van der Waals surface area contributed by atoms with Crippen molar-refractivity contribution < 1.29 is 9.32 Å². The Balaban J connectivity index is 2.30. The Bertz CT molecular complexity index is 370. The Morgan fingerprint density at radius 3 is 2.64 bits per heavy atom. The first-order valence-electron chi connectivity index (χ1n) is 4.15. The smallest absolute Gasteiger partial charge is 0.161 e. The third-order valence-corrected chi connectivity index (χ3v) is 4.05. The summed E-state index contributed by atoms with van der Waals surface area (Å²) in [5.41, 5.74) is -1.09. The number of aromatic nitrogens is 2. The fraction of sp³-hybridized carbons (Fsp3) is 0.500. The summed E-state index contributed by atoms with van der Waals surface area (Å²) in [6.07, 6.45) is 3.64. The quantitative estimate of drug-likeness (QED) is 0.815. The lowest BCUT2D eigenvalue weighted by Crippen LogP contribution is -2.28. The molecule has 2 heterocycles. The highest BCUT2D eigenvalue weighted by Gasteiger charge is 2.39. The van der Waals surface area contributed by atoms with Crippen molar-refractivity contribution in [2.45, 2.75) is 12.0 Å². The van der Waals surface area contributed by atoms with E-state index in [-0.39, 0.29) is 5.75 Å². The summed E-state index contributed by atoms with van der Waals surface area (Å²) in [5, 5.41) is 10.1. The van der Waals surface area contributed by atoms with Gasteiger partial charge in [0.1, 0.15) is 5.60 Å². The van der Waals surface area contributed by atoms with E-state index in [1.54, 1.807) is 12.4 Å². The number of halogens is 1. The predicted octanol–water partition coefficient (Wildman–Crippen LogP) is 0.579. The molecule has 6 heteroatoms. The first-order chi connectivity index (χ1) is 6.60. The minimum atomic E-state index is -1.09. The molecule has 0 spiro atoms. The number of hydrogen-bond donors (Lipinski definition) is 1. The van der Waals surface area contributed by atoms with Gasteiger partial charge < -0.3 is 5.11 Å². The monoisotopic (exact) mass is 276 g/mol. The van der Waals surface area contributed by atoms with E-state index in [9.17, 15) is 9.32 Å². The maximum atomic E-state index is 11.2. The molecule has 0 aliphatic carbocycles. The summed E-state index contributed by atoms with van der Waals surface area (Å²) in [4.78, 5) is 8.05. The largest absolute Gasteiger partial charge is 0.381 e. The predicted molar refractivity (Wildman–Crippen MR) is 56.1 cm³/mol. The van der Waals surface area contributed by atoms with E-state index in [0.717, 1.165) is 4.47 Å². The van der Waals surface area contributed by atoms with E-state index in [1.165, 1.54) is 0 Å². The second kappa shape index (κ2) is 3.67. The number of nitrogens with zero attached hydrogens (tertiary/aromatic N) is 2. The van der Waals surface area contributed by atoms with Gasteiger partial charge in [-0.25, -0.2) is 9.97 Å². The van der Waals surface area contributed by atoms with Gasteiger partial charge in [-0.3, -0.25) is 4.21 Å². The lowest BCUT2D eigenvalue weighted by Gasteiger charge is -2.18. The van der Waals surface area contributed by atoms with Crippen LogP contribution >= 0.6 is 15.9 Å². The molecule has 4 nitrogen and oxygen atoms in total. The second-order valence-corrected chi connectivity index (χ2v) is 5.79. The van der Waals surface area contributed by atoms with Crippen LogP contribution < -0.4 is 0 Å². The molecular formula is C8H9BrN2O2S. The van der Waals surface area contributed by atoms with E-state index in [0.29, 0.717) is 18.0 Å². The number of aliphatic hydroxyl groups is 1. The minimum Gasteiger partial charge on any atom is -0.381 e. The van der Waals surface area contributed by atoms with Gasteiger partial charge in [0.05, 0.1) is 10.2 Å². The zero-order valence-electron chi connectivity index (χ0n) is 7.31. The maximum Gasteiger partial charge on any atom is 0.161 e. The Morgan fingerprint density at radius 1 is 1.50 bits per heavy atom. The molecule has 1 aliphatic heterocycles. The van der Waals surface area contributed by atoms with Gasteiger partial charge in [-0.15, -0.1) is 0 Å². The van der Waals surface area contributed by atoms with Crippen molar-refractivity contribution in [2.24, 2.45) is 0 Å². The second-order valence-electron chi connectivity index (χ2n) is 3.29. The van der Waals surface area contributed by atoms with Gasteiger partial charge in [0.2, 0.25) is 0 Å². The van der Waals surface area contributed by atoms with Crippen LogP contribution in [0, 0.1) is 0 Å². The Kier molecular flexibility index (Phi) is 2.68. The molecule has 0 radical (unpaired) electrons. The van der Waals surface area contributed by atoms with E-state index in [2.05, 4.69) is 25.9 Å². The average molecular weight is 277 g/mol. The molecular weight excluding hydrogens is 268 g/mol. The zero-order chi connectivity index (χ0) is 10.2. The molecule has 76 valence electrons. The molecule has 2 atom stereocenters. The molecule has 0 aromatic carbocycles. The molecule has 1 aromatic rings. The molecule has 0 amide bonds. The van der Waals surface area contributed by atoms with Crippen molar-refractivity contribution in [3.63, 3.8) is 0 Å². The summed E-state index contributed by atoms with van der Waals surface area (Å²) in [5.74, 6) is 1.14. The van der Waals surface area contributed by atoms with Crippen molar-refractivity contribution >= 4 is 26.7 Å². The fourth-order valence-corrected chi connectivity index (χ4v) is 3.14. The fourth-order valence-electron chi connectivity index (χ4n) is 1.42. The molecule has 1 N–H and O–H groups in total. The zero-order valence-corrected chi connectivity index (χ0v) is 9.71. The molecule has 1 aromatic heterocycles. The molecule has 1 saturated heterocycles. The van der Waals surface area contributed by atoms with Gasteiger partial charge in [0.25, 0.3) is 0 Å². The Hall–Kier alpha value is -0.330. The number of rotatable bonds is 1. The Labute approximate surface area is 92.4 Å². The molecule has 0 unspecified atom stereocenters. The van der Waals surface area contributed by atoms with Crippen LogP contribution in [0.3, 0.4) is 0 Å². The van der Waals surface area contributed by atoms with Crippen molar-refractivity contribution in [1.82, 2.24) is 9.97 Å². The van der Waals surface area contributed by atoms with Crippen molar-refractivity contribution in [3.05, 3.63) is 22.7 Å². The summed E-state index contributed by atoms with van der Waals surface area (Å²) in [7, 11) is -0.940. The Morgan fingerprint density at radius 2 is 2.14 bits per heavy atom. The highest BCUT2D eigenvalue weighted by molar-refractivity contribution is 9.10. The molecule has 1 aliphatic rings. The van der Waals surface area contributed by atoms with Crippen LogP contribution in [0.5, 0.6) is 0 Å². The molecule has 0 bridgehead atoms. The van der Waals surface area contributed by atoms with Crippen LogP contribution in [0.15, 0.2) is 16.9 Å². The van der Waals surface area contributed by atoms with E-state index < -0.39 is 16.4 Å². The van der Waals surface area contributed by atoms with Crippen LogP contribution in [-0.4, -0.2) is 30.8 Å². The standard InChI is InChI=1S/C8H9BrN2O2S/c9-6-3-10-7(11-4-6)8(12)1-2-14(13)5-8/h3-4,12H,1-2,5H2/t8-,14-/m0/s1. The first-order valence-corrected chi connectivity index (χ1v) is 6.44. The van der Waals surface area contributed by atoms with Crippen LogP contribution in [-0.2, 0) is 16.4 Å². The van der Waals surface area contributed by atoms with Crippen LogP contribution in [0.4, 0.5) is 0 Å². The van der Waals surface area contributed by atoms with Crippen molar-refractivity contribution in [2.75, 3.05) is 11.5 Å². The molecule has 14 heavy (non-hydrogen) atoms. The minimum absolute atomic E-state index is 0.245. The topological polar surface area (TPSA) is 63.1 Å². The summed E-state index contributed by atoms with van der Waals surface area (Å²) < 4.78 is 12.0. The van der Waals surface area contributed by atoms with Crippen LogP contribution in [0.25, 0.3) is 0 Å². The van der Waals surface area contributed by atoms with Crippen molar-refractivity contribution in [3.8, 4) is 0 Å². The van der Waals surface area contributed by atoms with Gasteiger partial charge >= 0.3 is 0 Å². The number of hydrogen-bond acceptors (Lipinski definition) is 4. The maximum absolute atomic E-state index is 11.2. The summed E-state index contributed by atoms with van der Waals surface area (Å²) >= 11 is 3.22. The van der Waals surface area contributed by atoms with Gasteiger partial charge in [-0.1, -0.05) is 0 Å². The molecule has 0 saturated carbocycles. The van der Waals surface area contributed by atoms with Gasteiger partial charge in [0, 0.05) is 28.9 Å². The molecule has 2 rings (SSSR count). The van der Waals surface area contributed by atoms with E-state index >= 15 is 0 Å². The summed E-state index contributed by atoms with van der Waals surface area (Å²) in [6, 6.07) is 0. The van der Waals surface area contributed by atoms with E-state index in [4.69, 9.17) is 0 Å². The van der Waals surface area contributed by atoms with Crippen LogP contribution in [0.2, 0.25) is 0 Å². The summed E-state index contributed by atoms with van der Waals surface area (Å²) in [6.45, 7) is 0. The third-order valence-electron chi connectivity index (χ3n) is 2.18. The lowest BCUT2D eigenvalue weighted by molar-refractivity contribution is 0.0558. The van der Waals surface area contributed by atoms with Crippen molar-refractivity contribution in [1.29, 1.82) is 0 Å². The first kappa shape index (κ1) is 10.2. The van der Waals surface area contributed by atoms with E-state index in [1.807, 2.05) is 0 Å².